The van der Waals surface area contributed by atoms with E-state index in [1.165, 1.54) is 6.33 Å². The summed E-state index contributed by atoms with van der Waals surface area (Å²) < 4.78 is 1.61. The lowest BCUT2D eigenvalue weighted by Gasteiger charge is -2.06. The second-order valence-electron chi connectivity index (χ2n) is 3.18. The van der Waals surface area contributed by atoms with Crippen molar-refractivity contribution < 1.29 is 0 Å². The lowest BCUT2D eigenvalue weighted by atomic mass is 10.1. The van der Waals surface area contributed by atoms with Gasteiger partial charge in [0.2, 0.25) is 5.82 Å². The van der Waals surface area contributed by atoms with Crippen molar-refractivity contribution in [1.29, 1.82) is 0 Å². The largest absolute Gasteiger partial charge is 0.316 e. The van der Waals surface area contributed by atoms with Crippen LogP contribution in [0.5, 0.6) is 0 Å². The van der Waals surface area contributed by atoms with Gasteiger partial charge in [-0.3, -0.25) is 0 Å². The highest BCUT2D eigenvalue weighted by molar-refractivity contribution is 5.24. The molecule has 0 bridgehead atoms. The van der Waals surface area contributed by atoms with Crippen molar-refractivity contribution in [2.45, 2.75) is 19.4 Å². The predicted octanol–water partition coefficient (Wildman–Crippen LogP) is -0.0961. The number of aryl methyl sites for hydroxylation is 1. The molecule has 0 aliphatic heterocycles. The van der Waals surface area contributed by atoms with Crippen LogP contribution in [0.1, 0.15) is 19.7 Å². The molecule has 0 saturated heterocycles. The van der Waals surface area contributed by atoms with Gasteiger partial charge in [-0.05, 0) is 19.8 Å². The maximum atomic E-state index is 5.67. The fourth-order valence-electron chi connectivity index (χ4n) is 0.626. The third-order valence-electron chi connectivity index (χ3n) is 1.21. The zero-order chi connectivity index (χ0) is 9.19. The average Bonchev–Trinajstić information content (AvgIpc) is 2.29. The Kier molecular flexibility index (Phi) is 2.15. The van der Waals surface area contributed by atoms with Gasteiger partial charge in [-0.15, -0.1) is 0 Å². The Morgan fingerprint density at radius 3 is 2.67 bits per heavy atom. The molecule has 0 aliphatic carbocycles. The Balaban J connectivity index is 2.87. The molecule has 0 fully saturated rings. The van der Waals surface area contributed by atoms with Gasteiger partial charge < -0.3 is 5.73 Å². The Bertz CT molecular complexity index is 321. The summed E-state index contributed by atoms with van der Waals surface area (Å²) in [6.07, 6.45) is 1.47. The van der Waals surface area contributed by atoms with Crippen molar-refractivity contribution in [3.05, 3.63) is 12.2 Å². The third kappa shape index (κ3) is 2.36. The molecule has 1 aromatic rings. The molecule has 64 valence electrons. The topological polar surface area (TPSA) is 56.7 Å². The minimum absolute atomic E-state index is 0.480. The van der Waals surface area contributed by atoms with E-state index in [1.54, 1.807) is 11.7 Å². The molecule has 1 aromatic heterocycles. The van der Waals surface area contributed by atoms with E-state index in [0.717, 1.165) is 0 Å². The van der Waals surface area contributed by atoms with E-state index in [1.807, 2.05) is 13.8 Å². The van der Waals surface area contributed by atoms with Crippen LogP contribution in [-0.4, -0.2) is 20.3 Å². The van der Waals surface area contributed by atoms with E-state index in [4.69, 9.17) is 5.73 Å². The molecule has 1 rings (SSSR count). The first kappa shape index (κ1) is 8.75. The Morgan fingerprint density at radius 1 is 1.58 bits per heavy atom. The highest BCUT2D eigenvalue weighted by atomic mass is 15.3. The van der Waals surface area contributed by atoms with Gasteiger partial charge in [-0.1, -0.05) is 5.92 Å². The minimum Gasteiger partial charge on any atom is -0.316 e. The van der Waals surface area contributed by atoms with Crippen LogP contribution in [0, 0.1) is 11.8 Å². The van der Waals surface area contributed by atoms with Gasteiger partial charge in [0.1, 0.15) is 6.33 Å². The summed E-state index contributed by atoms with van der Waals surface area (Å²) in [6.45, 7) is 3.69. The SMILES string of the molecule is Cn1ncnc1C#CC(C)(C)N. The second-order valence-corrected chi connectivity index (χ2v) is 3.18. The molecular weight excluding hydrogens is 152 g/mol. The van der Waals surface area contributed by atoms with Crippen LogP contribution in [0.15, 0.2) is 6.33 Å². The fourth-order valence-corrected chi connectivity index (χ4v) is 0.626. The highest BCUT2D eigenvalue weighted by Crippen LogP contribution is 1.93. The van der Waals surface area contributed by atoms with E-state index in [9.17, 15) is 0 Å². The molecule has 0 radical (unpaired) electrons. The summed E-state index contributed by atoms with van der Waals surface area (Å²) in [5.74, 6) is 6.35. The Hall–Kier alpha value is -1.34. The first-order valence-corrected chi connectivity index (χ1v) is 3.65. The van der Waals surface area contributed by atoms with Crippen molar-refractivity contribution in [3.8, 4) is 11.8 Å². The average molecular weight is 164 g/mol. The maximum Gasteiger partial charge on any atom is 0.203 e. The highest BCUT2D eigenvalue weighted by Gasteiger charge is 2.04. The zero-order valence-corrected chi connectivity index (χ0v) is 7.50. The van der Waals surface area contributed by atoms with Crippen LogP contribution in [0.3, 0.4) is 0 Å². The summed E-state index contributed by atoms with van der Waals surface area (Å²) in [6, 6.07) is 0. The van der Waals surface area contributed by atoms with Crippen LogP contribution in [0.4, 0.5) is 0 Å². The summed E-state index contributed by atoms with van der Waals surface area (Å²) >= 11 is 0. The monoisotopic (exact) mass is 164 g/mol. The normalized spacial score (nSPS) is 10.7. The molecule has 0 aromatic carbocycles. The molecule has 0 saturated carbocycles. The van der Waals surface area contributed by atoms with Gasteiger partial charge in [0, 0.05) is 7.05 Å². The van der Waals surface area contributed by atoms with Gasteiger partial charge in [-0.25, -0.2) is 9.67 Å². The van der Waals surface area contributed by atoms with Gasteiger partial charge in [-0.2, -0.15) is 5.10 Å². The van der Waals surface area contributed by atoms with Crippen LogP contribution < -0.4 is 5.73 Å². The lowest BCUT2D eigenvalue weighted by Crippen LogP contribution is -2.29. The van der Waals surface area contributed by atoms with Crippen molar-refractivity contribution in [1.82, 2.24) is 14.8 Å². The number of aromatic nitrogens is 3. The van der Waals surface area contributed by atoms with Crippen LogP contribution >= 0.6 is 0 Å². The summed E-state index contributed by atoms with van der Waals surface area (Å²) in [5.41, 5.74) is 5.19. The molecule has 0 atom stereocenters. The standard InChI is InChI=1S/C8H12N4/c1-8(2,9)5-4-7-10-6-11-12(7)3/h6H,9H2,1-3H3. The number of hydrogen-bond acceptors (Lipinski definition) is 3. The van der Waals surface area contributed by atoms with Gasteiger partial charge in [0.05, 0.1) is 5.54 Å². The molecule has 2 N–H and O–H groups in total. The van der Waals surface area contributed by atoms with Crippen LogP contribution in [0.2, 0.25) is 0 Å². The Morgan fingerprint density at radius 2 is 2.25 bits per heavy atom. The molecule has 4 heteroatoms. The quantitative estimate of drug-likeness (QED) is 0.545. The molecule has 4 nitrogen and oxygen atoms in total. The van der Waals surface area contributed by atoms with E-state index in [2.05, 4.69) is 21.9 Å². The molecular formula is C8H12N4. The maximum absolute atomic E-state index is 5.67. The van der Waals surface area contributed by atoms with E-state index in [0.29, 0.717) is 5.82 Å². The fraction of sp³-hybridized carbons (Fsp3) is 0.500. The first-order chi connectivity index (χ1) is 5.49. The minimum atomic E-state index is -0.480. The zero-order valence-electron chi connectivity index (χ0n) is 7.50. The predicted molar refractivity (Wildman–Crippen MR) is 46.1 cm³/mol. The van der Waals surface area contributed by atoms with Crippen molar-refractivity contribution in [3.63, 3.8) is 0 Å². The number of nitrogens with zero attached hydrogens (tertiary/aromatic N) is 3. The van der Waals surface area contributed by atoms with Crippen molar-refractivity contribution >= 4 is 0 Å². The lowest BCUT2D eigenvalue weighted by molar-refractivity contribution is 0.679. The summed E-state index contributed by atoms with van der Waals surface area (Å²) in [7, 11) is 1.79. The molecule has 0 unspecified atom stereocenters. The molecule has 0 amide bonds. The smallest absolute Gasteiger partial charge is 0.203 e. The van der Waals surface area contributed by atoms with Gasteiger partial charge in [0.15, 0.2) is 0 Å². The molecule has 12 heavy (non-hydrogen) atoms. The van der Waals surface area contributed by atoms with Crippen LogP contribution in [-0.2, 0) is 7.05 Å². The van der Waals surface area contributed by atoms with Crippen LogP contribution in [0.25, 0.3) is 0 Å². The second kappa shape index (κ2) is 2.95. The Labute approximate surface area is 71.8 Å². The number of rotatable bonds is 0. The van der Waals surface area contributed by atoms with Gasteiger partial charge >= 0.3 is 0 Å². The van der Waals surface area contributed by atoms with Crippen molar-refractivity contribution in [2.24, 2.45) is 12.8 Å². The number of nitrogens with two attached hydrogens (primary N) is 1. The third-order valence-corrected chi connectivity index (χ3v) is 1.21. The van der Waals surface area contributed by atoms with E-state index in [-0.39, 0.29) is 0 Å². The molecule has 1 heterocycles. The first-order valence-electron chi connectivity index (χ1n) is 3.65. The molecule has 0 spiro atoms. The summed E-state index contributed by atoms with van der Waals surface area (Å²) in [5, 5.41) is 3.88. The van der Waals surface area contributed by atoms with E-state index < -0.39 is 5.54 Å². The van der Waals surface area contributed by atoms with Crippen molar-refractivity contribution in [2.75, 3.05) is 0 Å². The number of hydrogen-bond donors (Lipinski definition) is 1. The van der Waals surface area contributed by atoms with Gasteiger partial charge in [0.25, 0.3) is 0 Å². The molecule has 0 aliphatic rings. The summed E-state index contributed by atoms with van der Waals surface area (Å²) in [4.78, 5) is 3.94. The van der Waals surface area contributed by atoms with E-state index >= 15 is 0 Å².